The van der Waals surface area contributed by atoms with Gasteiger partial charge in [0.15, 0.2) is 0 Å². The summed E-state index contributed by atoms with van der Waals surface area (Å²) in [6, 6.07) is 0.627. The molecule has 2 N–H and O–H groups in total. The van der Waals surface area contributed by atoms with Crippen LogP contribution in [0.2, 0.25) is 0 Å². The number of carbonyl (C=O) groups excluding carboxylic acids is 2. The quantitative estimate of drug-likeness (QED) is 0.730. The molecule has 4 aliphatic carbocycles. The summed E-state index contributed by atoms with van der Waals surface area (Å²) in [7, 11) is 0. The summed E-state index contributed by atoms with van der Waals surface area (Å²) < 4.78 is 0. The number of likely N-dealkylation sites (tertiary alicyclic amines) is 1. The van der Waals surface area contributed by atoms with Crippen LogP contribution in [0.4, 0.5) is 0 Å². The molecule has 2 amide bonds. The van der Waals surface area contributed by atoms with E-state index >= 15 is 0 Å². The Balaban J connectivity index is 0.00000205. The number of carbonyl (C=O) groups is 2. The van der Waals surface area contributed by atoms with Gasteiger partial charge in [0, 0.05) is 30.6 Å². The van der Waals surface area contributed by atoms with Crippen LogP contribution in [-0.4, -0.2) is 47.9 Å². The van der Waals surface area contributed by atoms with E-state index in [0.717, 1.165) is 56.5 Å². The molecule has 3 atom stereocenters. The molecule has 6 bridgehead atoms. The van der Waals surface area contributed by atoms with E-state index in [-0.39, 0.29) is 41.6 Å². The smallest absolute Gasteiger partial charge is 0.245 e. The number of amides is 2. The number of rotatable bonds is 4. The van der Waals surface area contributed by atoms with Crippen molar-refractivity contribution in [3.05, 3.63) is 0 Å². The zero-order valence-corrected chi connectivity index (χ0v) is 18.8. The fraction of sp³-hybridized carbons (Fsp3) is 0.913. The number of hydrogen-bond donors (Lipinski definition) is 2. The highest BCUT2D eigenvalue weighted by atomic mass is 35.5. The van der Waals surface area contributed by atoms with Gasteiger partial charge in [-0.15, -0.1) is 12.4 Å². The fourth-order valence-corrected chi connectivity index (χ4v) is 7.54. The first kappa shape index (κ1) is 21.4. The van der Waals surface area contributed by atoms with Gasteiger partial charge in [0.2, 0.25) is 11.8 Å². The highest BCUT2D eigenvalue weighted by Crippen LogP contribution is 2.60. The molecule has 0 spiro atoms. The SMILES string of the molecule is CC(C)C(NC(=O)C12CC3CC(CC(C3)C1)C2)C(=O)N1CCC2CCC(C1)N2.Cl. The molecule has 0 aromatic carbocycles. The molecule has 6 aliphatic rings. The molecular formula is C23H38ClN3O2. The molecule has 0 aromatic rings. The standard InChI is InChI=1S/C23H37N3O2.ClH/c1-14(2)20(21(27)26-6-5-18-3-4-19(13-26)24-18)25-22(28)23-10-15-7-16(11-23)9-17(8-15)12-23;/h14-20,24H,3-13H2,1-2H3,(H,25,28);1H. The van der Waals surface area contributed by atoms with Crippen LogP contribution in [0, 0.1) is 29.1 Å². The molecule has 4 saturated carbocycles. The number of fused-ring (bicyclic) bond motifs is 2. The van der Waals surface area contributed by atoms with E-state index in [1.165, 1.54) is 32.1 Å². The predicted octanol–water partition coefficient (Wildman–Crippen LogP) is 3.12. The van der Waals surface area contributed by atoms with Crippen LogP contribution in [0.3, 0.4) is 0 Å². The highest BCUT2D eigenvalue weighted by molar-refractivity contribution is 5.90. The van der Waals surface area contributed by atoms with Gasteiger partial charge in [-0.05, 0) is 81.5 Å². The second-order valence-electron chi connectivity index (χ2n) is 11.1. The van der Waals surface area contributed by atoms with Gasteiger partial charge in [-0.3, -0.25) is 9.59 Å². The summed E-state index contributed by atoms with van der Waals surface area (Å²) >= 11 is 0. The molecule has 0 aromatic heterocycles. The maximum Gasteiger partial charge on any atom is 0.245 e. The lowest BCUT2D eigenvalue weighted by Gasteiger charge is -2.56. The van der Waals surface area contributed by atoms with Gasteiger partial charge in [-0.25, -0.2) is 0 Å². The van der Waals surface area contributed by atoms with Gasteiger partial charge in [0.25, 0.3) is 0 Å². The zero-order valence-electron chi connectivity index (χ0n) is 18.0. The van der Waals surface area contributed by atoms with E-state index in [4.69, 9.17) is 0 Å². The molecular weight excluding hydrogens is 386 g/mol. The Morgan fingerprint density at radius 3 is 2.14 bits per heavy atom. The van der Waals surface area contributed by atoms with Crippen LogP contribution in [0.5, 0.6) is 0 Å². The van der Waals surface area contributed by atoms with Gasteiger partial charge in [-0.1, -0.05) is 13.8 Å². The monoisotopic (exact) mass is 423 g/mol. The first-order valence-electron chi connectivity index (χ1n) is 11.8. The zero-order chi connectivity index (χ0) is 19.5. The van der Waals surface area contributed by atoms with Crippen LogP contribution in [0.15, 0.2) is 0 Å². The molecule has 164 valence electrons. The number of hydrogen-bond acceptors (Lipinski definition) is 3. The molecule has 0 radical (unpaired) electrons. The summed E-state index contributed by atoms with van der Waals surface area (Å²) in [6.45, 7) is 5.77. The van der Waals surface area contributed by atoms with Crippen LogP contribution in [0.25, 0.3) is 0 Å². The summed E-state index contributed by atoms with van der Waals surface area (Å²) in [5.41, 5.74) is -0.179. The minimum atomic E-state index is -0.378. The molecule has 2 saturated heterocycles. The first-order valence-corrected chi connectivity index (χ1v) is 11.8. The van der Waals surface area contributed by atoms with E-state index in [9.17, 15) is 9.59 Å². The fourth-order valence-electron chi connectivity index (χ4n) is 7.54. The summed E-state index contributed by atoms with van der Waals surface area (Å²) in [6.07, 6.45) is 10.6. The van der Waals surface area contributed by atoms with E-state index < -0.39 is 0 Å². The molecule has 2 aliphatic heterocycles. The van der Waals surface area contributed by atoms with Crippen molar-refractivity contribution in [2.24, 2.45) is 29.1 Å². The first-order chi connectivity index (χ1) is 13.4. The van der Waals surface area contributed by atoms with E-state index in [1.807, 2.05) is 4.90 Å². The third-order valence-corrected chi connectivity index (χ3v) is 8.57. The van der Waals surface area contributed by atoms with Crippen molar-refractivity contribution in [2.45, 2.75) is 89.8 Å². The Hall–Kier alpha value is -0.810. The maximum atomic E-state index is 13.5. The Bertz CT molecular complexity index is 617. The molecule has 3 unspecified atom stereocenters. The number of nitrogens with one attached hydrogen (secondary N) is 2. The topological polar surface area (TPSA) is 61.4 Å². The maximum absolute atomic E-state index is 13.5. The van der Waals surface area contributed by atoms with Crippen molar-refractivity contribution in [3.63, 3.8) is 0 Å². The van der Waals surface area contributed by atoms with Crippen molar-refractivity contribution in [2.75, 3.05) is 13.1 Å². The van der Waals surface area contributed by atoms with Gasteiger partial charge in [0.1, 0.15) is 6.04 Å². The second-order valence-corrected chi connectivity index (χ2v) is 11.1. The second kappa shape index (κ2) is 8.03. The lowest BCUT2D eigenvalue weighted by atomic mass is 9.49. The molecule has 29 heavy (non-hydrogen) atoms. The van der Waals surface area contributed by atoms with Gasteiger partial charge < -0.3 is 15.5 Å². The third kappa shape index (κ3) is 3.94. The Kier molecular flexibility index (Phi) is 5.93. The van der Waals surface area contributed by atoms with Gasteiger partial charge >= 0.3 is 0 Å². The van der Waals surface area contributed by atoms with Crippen LogP contribution in [-0.2, 0) is 9.59 Å². The predicted molar refractivity (Wildman–Crippen MR) is 116 cm³/mol. The molecule has 6 rings (SSSR count). The molecule has 2 heterocycles. The van der Waals surface area contributed by atoms with Crippen LogP contribution >= 0.6 is 12.4 Å². The largest absolute Gasteiger partial charge is 0.344 e. The average Bonchev–Trinajstić information content (AvgIpc) is 2.96. The Morgan fingerprint density at radius 1 is 0.966 bits per heavy atom. The summed E-state index contributed by atoms with van der Waals surface area (Å²) in [4.78, 5) is 28.9. The minimum Gasteiger partial charge on any atom is -0.344 e. The summed E-state index contributed by atoms with van der Waals surface area (Å²) in [5, 5.41) is 6.94. The third-order valence-electron chi connectivity index (χ3n) is 8.57. The summed E-state index contributed by atoms with van der Waals surface area (Å²) in [5.74, 6) is 2.70. The van der Waals surface area contributed by atoms with E-state index in [2.05, 4.69) is 24.5 Å². The number of halogens is 1. The Morgan fingerprint density at radius 2 is 1.55 bits per heavy atom. The van der Waals surface area contributed by atoms with E-state index in [0.29, 0.717) is 12.1 Å². The molecule has 6 fully saturated rings. The van der Waals surface area contributed by atoms with E-state index in [1.54, 1.807) is 0 Å². The number of nitrogens with zero attached hydrogens (tertiary/aromatic N) is 1. The molecule has 5 nitrogen and oxygen atoms in total. The minimum absolute atomic E-state index is 0. The van der Waals surface area contributed by atoms with Gasteiger partial charge in [-0.2, -0.15) is 0 Å². The Labute approximate surface area is 181 Å². The van der Waals surface area contributed by atoms with Crippen LogP contribution < -0.4 is 10.6 Å². The highest BCUT2D eigenvalue weighted by Gasteiger charge is 2.55. The molecule has 6 heteroatoms. The van der Waals surface area contributed by atoms with Crippen molar-refractivity contribution in [3.8, 4) is 0 Å². The van der Waals surface area contributed by atoms with Crippen molar-refractivity contribution < 1.29 is 9.59 Å². The van der Waals surface area contributed by atoms with Crippen molar-refractivity contribution in [1.29, 1.82) is 0 Å². The lowest BCUT2D eigenvalue weighted by molar-refractivity contribution is -0.150. The average molecular weight is 424 g/mol. The normalized spacial score (nSPS) is 41.1. The van der Waals surface area contributed by atoms with Crippen molar-refractivity contribution in [1.82, 2.24) is 15.5 Å². The van der Waals surface area contributed by atoms with Gasteiger partial charge in [0.05, 0.1) is 0 Å². The van der Waals surface area contributed by atoms with Crippen LogP contribution in [0.1, 0.15) is 71.6 Å². The van der Waals surface area contributed by atoms with Crippen molar-refractivity contribution >= 4 is 24.2 Å². The lowest BCUT2D eigenvalue weighted by Crippen LogP contribution is -2.59.